The van der Waals surface area contributed by atoms with Crippen molar-refractivity contribution in [3.8, 4) is 0 Å². The van der Waals surface area contributed by atoms with E-state index in [2.05, 4.69) is 26.1 Å². The van der Waals surface area contributed by atoms with E-state index >= 15 is 0 Å². The van der Waals surface area contributed by atoms with Gasteiger partial charge in [-0.1, -0.05) is 32.9 Å². The fraction of sp³-hybridized carbons (Fsp3) is 0.429. The lowest BCUT2D eigenvalue weighted by Gasteiger charge is -2.20. The molecule has 0 unspecified atom stereocenters. The van der Waals surface area contributed by atoms with Gasteiger partial charge in [-0.25, -0.2) is 0 Å². The highest BCUT2D eigenvalue weighted by atomic mass is 16.4. The minimum absolute atomic E-state index is 0.0286. The number of carboxylic acids is 1. The zero-order valence-corrected chi connectivity index (χ0v) is 11.2. The summed E-state index contributed by atoms with van der Waals surface area (Å²) >= 11 is 0. The molecule has 4 nitrogen and oxygen atoms in total. The highest BCUT2D eigenvalue weighted by Gasteiger charge is 2.16. The number of carbonyl (C=O) groups is 2. The highest BCUT2D eigenvalue weighted by Crippen LogP contribution is 2.24. The van der Waals surface area contributed by atoms with Crippen molar-refractivity contribution in [3.05, 3.63) is 34.9 Å². The van der Waals surface area contributed by atoms with Crippen molar-refractivity contribution < 1.29 is 14.7 Å². The monoisotopic (exact) mass is 249 g/mol. The molecule has 18 heavy (non-hydrogen) atoms. The number of nitrogens with one attached hydrogen (secondary N) is 1. The summed E-state index contributed by atoms with van der Waals surface area (Å²) in [4.78, 5) is 22.1. The molecule has 1 aromatic carbocycles. The molecule has 0 bridgehead atoms. The standard InChI is InChI=1S/C14H19NO3/c1-9-7-10(14(2,3)4)5-6-11(9)13(18)15-8-12(16)17/h5-7H,8H2,1-4H3,(H,15,18)(H,16,17). The molecule has 0 radical (unpaired) electrons. The van der Waals surface area contributed by atoms with Crippen LogP contribution in [0.4, 0.5) is 0 Å². The van der Waals surface area contributed by atoms with Crippen molar-refractivity contribution in [2.24, 2.45) is 0 Å². The maximum absolute atomic E-state index is 11.8. The third kappa shape index (κ3) is 3.58. The quantitative estimate of drug-likeness (QED) is 0.862. The first-order chi connectivity index (χ1) is 8.21. The largest absolute Gasteiger partial charge is 0.480 e. The average Bonchev–Trinajstić information content (AvgIpc) is 2.24. The zero-order chi connectivity index (χ0) is 13.9. The fourth-order valence-corrected chi connectivity index (χ4v) is 1.64. The summed E-state index contributed by atoms with van der Waals surface area (Å²) in [5, 5.41) is 10.9. The van der Waals surface area contributed by atoms with Gasteiger partial charge in [-0.05, 0) is 29.5 Å². The van der Waals surface area contributed by atoms with E-state index in [9.17, 15) is 9.59 Å². The Balaban J connectivity index is 2.92. The average molecular weight is 249 g/mol. The molecule has 98 valence electrons. The van der Waals surface area contributed by atoms with Crippen molar-refractivity contribution in [1.82, 2.24) is 5.32 Å². The predicted octanol–water partition coefficient (Wildman–Crippen LogP) is 2.11. The molecule has 0 saturated heterocycles. The van der Waals surface area contributed by atoms with Crippen molar-refractivity contribution in [1.29, 1.82) is 0 Å². The molecule has 0 fully saturated rings. The van der Waals surface area contributed by atoms with Crippen LogP contribution in [0.2, 0.25) is 0 Å². The second-order valence-electron chi connectivity index (χ2n) is 5.36. The molecule has 0 atom stereocenters. The highest BCUT2D eigenvalue weighted by molar-refractivity contribution is 5.97. The van der Waals surface area contributed by atoms with Crippen LogP contribution in [-0.2, 0) is 10.2 Å². The number of hydrogen-bond donors (Lipinski definition) is 2. The lowest BCUT2D eigenvalue weighted by molar-refractivity contribution is -0.135. The summed E-state index contributed by atoms with van der Waals surface area (Å²) in [5.41, 5.74) is 2.55. The summed E-state index contributed by atoms with van der Waals surface area (Å²) < 4.78 is 0. The number of benzene rings is 1. The van der Waals surface area contributed by atoms with Gasteiger partial charge in [0, 0.05) is 5.56 Å². The van der Waals surface area contributed by atoms with Crippen LogP contribution in [0.15, 0.2) is 18.2 Å². The Bertz CT molecular complexity index is 472. The Hall–Kier alpha value is -1.84. The van der Waals surface area contributed by atoms with E-state index < -0.39 is 5.97 Å². The van der Waals surface area contributed by atoms with Crippen LogP contribution in [0.5, 0.6) is 0 Å². The molecule has 0 aliphatic carbocycles. The molecule has 0 spiro atoms. The molecule has 0 aliphatic rings. The molecule has 0 heterocycles. The second-order valence-corrected chi connectivity index (χ2v) is 5.36. The van der Waals surface area contributed by atoms with Gasteiger partial charge in [0.1, 0.15) is 6.54 Å². The summed E-state index contributed by atoms with van der Waals surface area (Å²) in [5.74, 6) is -1.40. The van der Waals surface area contributed by atoms with E-state index in [4.69, 9.17) is 5.11 Å². The minimum Gasteiger partial charge on any atom is -0.480 e. The maximum Gasteiger partial charge on any atom is 0.322 e. The van der Waals surface area contributed by atoms with Crippen LogP contribution in [-0.4, -0.2) is 23.5 Å². The molecule has 0 aromatic heterocycles. The smallest absolute Gasteiger partial charge is 0.322 e. The van der Waals surface area contributed by atoms with Crippen LogP contribution in [0.3, 0.4) is 0 Å². The lowest BCUT2D eigenvalue weighted by Crippen LogP contribution is -2.29. The van der Waals surface area contributed by atoms with Gasteiger partial charge in [0.2, 0.25) is 0 Å². The first kappa shape index (κ1) is 14.2. The number of aryl methyl sites for hydroxylation is 1. The fourth-order valence-electron chi connectivity index (χ4n) is 1.64. The van der Waals surface area contributed by atoms with Crippen LogP contribution < -0.4 is 5.32 Å². The van der Waals surface area contributed by atoms with E-state index in [1.54, 1.807) is 6.07 Å². The predicted molar refractivity (Wildman–Crippen MR) is 69.8 cm³/mol. The maximum atomic E-state index is 11.8. The molecule has 4 heteroatoms. The number of amides is 1. The Morgan fingerprint density at radius 1 is 1.28 bits per heavy atom. The first-order valence-electron chi connectivity index (χ1n) is 5.83. The van der Waals surface area contributed by atoms with Gasteiger partial charge in [0.05, 0.1) is 0 Å². The third-order valence-electron chi connectivity index (χ3n) is 2.74. The molecule has 1 amide bonds. The topological polar surface area (TPSA) is 66.4 Å². The zero-order valence-electron chi connectivity index (χ0n) is 11.2. The van der Waals surface area contributed by atoms with Crippen molar-refractivity contribution in [3.63, 3.8) is 0 Å². The van der Waals surface area contributed by atoms with Gasteiger partial charge in [0.25, 0.3) is 5.91 Å². The van der Waals surface area contributed by atoms with E-state index in [0.29, 0.717) is 5.56 Å². The number of rotatable bonds is 3. The van der Waals surface area contributed by atoms with Gasteiger partial charge in [0.15, 0.2) is 0 Å². The second kappa shape index (κ2) is 5.21. The normalized spacial score (nSPS) is 11.1. The Morgan fingerprint density at radius 3 is 2.33 bits per heavy atom. The molecule has 2 N–H and O–H groups in total. The molecule has 0 aliphatic heterocycles. The van der Waals surface area contributed by atoms with Gasteiger partial charge in [-0.3, -0.25) is 9.59 Å². The van der Waals surface area contributed by atoms with Crippen LogP contribution in [0.1, 0.15) is 42.3 Å². The van der Waals surface area contributed by atoms with Crippen LogP contribution in [0, 0.1) is 6.92 Å². The summed E-state index contributed by atoms with van der Waals surface area (Å²) in [6.45, 7) is 7.80. The van der Waals surface area contributed by atoms with Crippen molar-refractivity contribution >= 4 is 11.9 Å². The van der Waals surface area contributed by atoms with Gasteiger partial charge in [-0.2, -0.15) is 0 Å². The van der Waals surface area contributed by atoms with Gasteiger partial charge < -0.3 is 10.4 Å². The molecular weight excluding hydrogens is 230 g/mol. The number of carboxylic acid groups (broad SMARTS) is 1. The Labute approximate surface area is 107 Å². The van der Waals surface area contributed by atoms with Crippen molar-refractivity contribution in [2.75, 3.05) is 6.54 Å². The first-order valence-corrected chi connectivity index (χ1v) is 5.83. The molecule has 1 rings (SSSR count). The molecular formula is C14H19NO3. The summed E-state index contributed by atoms with van der Waals surface area (Å²) in [6, 6.07) is 5.62. The minimum atomic E-state index is -1.05. The molecule has 1 aromatic rings. The van der Waals surface area contributed by atoms with Crippen LogP contribution >= 0.6 is 0 Å². The third-order valence-corrected chi connectivity index (χ3v) is 2.74. The lowest BCUT2D eigenvalue weighted by atomic mass is 9.85. The molecule has 0 saturated carbocycles. The van der Waals surface area contributed by atoms with E-state index in [1.165, 1.54) is 0 Å². The summed E-state index contributed by atoms with van der Waals surface area (Å²) in [7, 11) is 0. The summed E-state index contributed by atoms with van der Waals surface area (Å²) in [6.07, 6.45) is 0. The number of aliphatic carboxylic acids is 1. The Morgan fingerprint density at radius 2 is 1.89 bits per heavy atom. The van der Waals surface area contributed by atoms with E-state index in [1.807, 2.05) is 19.1 Å². The SMILES string of the molecule is Cc1cc(C(C)(C)C)ccc1C(=O)NCC(=O)O. The number of carbonyl (C=O) groups excluding carboxylic acids is 1. The number of hydrogen-bond acceptors (Lipinski definition) is 2. The Kier molecular flexibility index (Phi) is 4.11. The van der Waals surface area contributed by atoms with E-state index in [0.717, 1.165) is 11.1 Å². The van der Waals surface area contributed by atoms with Crippen LogP contribution in [0.25, 0.3) is 0 Å². The van der Waals surface area contributed by atoms with Crippen molar-refractivity contribution in [2.45, 2.75) is 33.1 Å². The van der Waals surface area contributed by atoms with E-state index in [-0.39, 0.29) is 17.9 Å². The van der Waals surface area contributed by atoms with Gasteiger partial charge in [-0.15, -0.1) is 0 Å². The van der Waals surface area contributed by atoms with Gasteiger partial charge >= 0.3 is 5.97 Å².